The summed E-state index contributed by atoms with van der Waals surface area (Å²) in [5.74, 6) is -1.29. The number of ether oxygens (including phenoxy) is 2. The number of nitrogens with zero attached hydrogens (tertiary/aromatic N) is 3. The van der Waals surface area contributed by atoms with E-state index in [1.165, 1.54) is 11.0 Å². The van der Waals surface area contributed by atoms with Gasteiger partial charge in [0.05, 0.1) is 23.1 Å². The number of nitro benzene ring substituents is 2. The van der Waals surface area contributed by atoms with Crippen LogP contribution in [0.25, 0.3) is 0 Å². The first kappa shape index (κ1) is 20.1. The van der Waals surface area contributed by atoms with Crippen molar-refractivity contribution in [3.63, 3.8) is 0 Å². The Morgan fingerprint density at radius 2 is 1.73 bits per heavy atom. The van der Waals surface area contributed by atoms with Gasteiger partial charge in [-0.1, -0.05) is 20.8 Å². The highest BCUT2D eigenvalue weighted by atomic mass is 16.8. The van der Waals surface area contributed by atoms with Crippen LogP contribution in [-0.4, -0.2) is 35.5 Å². The molecule has 2 rings (SSSR count). The molecule has 0 aromatic heterocycles. The molecule has 9 heteroatoms. The number of nitro groups is 2. The van der Waals surface area contributed by atoms with Crippen LogP contribution in [0.1, 0.15) is 45.7 Å². The van der Waals surface area contributed by atoms with Crippen LogP contribution in [0.5, 0.6) is 0 Å². The molecule has 0 N–H and O–H groups in total. The summed E-state index contributed by atoms with van der Waals surface area (Å²) in [5, 5.41) is 23.7. The highest BCUT2D eigenvalue weighted by Crippen LogP contribution is 2.47. The Bertz CT molecular complexity index is 735. The number of hydrogen-bond donors (Lipinski definition) is 0. The van der Waals surface area contributed by atoms with Crippen LogP contribution in [0.2, 0.25) is 0 Å². The molecule has 0 bridgehead atoms. The van der Waals surface area contributed by atoms with Gasteiger partial charge in [0.25, 0.3) is 5.69 Å². The van der Waals surface area contributed by atoms with Crippen molar-refractivity contribution >= 4 is 17.1 Å². The summed E-state index contributed by atoms with van der Waals surface area (Å²) >= 11 is 0. The van der Waals surface area contributed by atoms with Gasteiger partial charge in [0.2, 0.25) is 5.91 Å². The lowest BCUT2D eigenvalue weighted by molar-refractivity contribution is -0.393. The first-order valence-electron chi connectivity index (χ1n) is 8.46. The molecule has 0 atom stereocenters. The fraction of sp³-hybridized carbons (Fsp3) is 0.647. The number of hydrogen-bond acceptors (Lipinski definition) is 7. The second-order valence-electron chi connectivity index (χ2n) is 7.37. The van der Waals surface area contributed by atoms with Crippen molar-refractivity contribution in [3.05, 3.63) is 37.4 Å². The maximum Gasteiger partial charge on any atom is 0.302 e. The van der Waals surface area contributed by atoms with Crippen LogP contribution < -0.4 is 4.90 Å². The molecule has 0 radical (unpaired) electrons. The Morgan fingerprint density at radius 1 is 1.19 bits per heavy atom. The molecule has 1 aliphatic heterocycles. The van der Waals surface area contributed by atoms with Gasteiger partial charge in [-0.2, -0.15) is 0 Å². The lowest BCUT2D eigenvalue weighted by atomic mass is 9.82. The lowest BCUT2D eigenvalue weighted by Gasteiger charge is -2.36. The fourth-order valence-corrected chi connectivity index (χ4v) is 3.46. The second-order valence-corrected chi connectivity index (χ2v) is 7.37. The normalized spacial score (nSPS) is 16.5. The molecule has 1 saturated heterocycles. The predicted molar refractivity (Wildman–Crippen MR) is 96.5 cm³/mol. The van der Waals surface area contributed by atoms with Crippen LogP contribution in [0.4, 0.5) is 17.1 Å². The maximum atomic E-state index is 11.9. The molecule has 1 aromatic carbocycles. The topological polar surface area (TPSA) is 108 Å². The van der Waals surface area contributed by atoms with Gasteiger partial charge in [0, 0.05) is 25.1 Å². The minimum atomic E-state index is -1.29. The molecule has 1 heterocycles. The van der Waals surface area contributed by atoms with Crippen molar-refractivity contribution in [2.45, 2.75) is 52.9 Å². The summed E-state index contributed by atoms with van der Waals surface area (Å²) in [6.07, 6.45) is 0. The molecule has 1 aliphatic rings. The van der Waals surface area contributed by atoms with Crippen molar-refractivity contribution in [3.8, 4) is 0 Å². The van der Waals surface area contributed by atoms with Crippen molar-refractivity contribution in [1.82, 2.24) is 0 Å². The lowest BCUT2D eigenvalue weighted by Crippen LogP contribution is -2.48. The third kappa shape index (κ3) is 3.36. The molecule has 0 aliphatic carbocycles. The fourth-order valence-electron chi connectivity index (χ4n) is 3.46. The van der Waals surface area contributed by atoms with Crippen molar-refractivity contribution < 1.29 is 19.3 Å². The predicted octanol–water partition coefficient (Wildman–Crippen LogP) is 3.66. The Labute approximate surface area is 152 Å². The zero-order valence-electron chi connectivity index (χ0n) is 16.0. The van der Waals surface area contributed by atoms with Crippen molar-refractivity contribution in [2.75, 3.05) is 24.7 Å². The van der Waals surface area contributed by atoms with Crippen LogP contribution in [0, 0.1) is 27.2 Å². The molecular formula is C17H25N3O6. The van der Waals surface area contributed by atoms with Crippen molar-refractivity contribution in [1.29, 1.82) is 0 Å². The second kappa shape index (κ2) is 6.81. The largest absolute Gasteiger partial charge is 0.331 e. The van der Waals surface area contributed by atoms with E-state index >= 15 is 0 Å². The van der Waals surface area contributed by atoms with Gasteiger partial charge in [-0.05, 0) is 24.8 Å². The van der Waals surface area contributed by atoms with E-state index in [9.17, 15) is 20.2 Å². The summed E-state index contributed by atoms with van der Waals surface area (Å²) in [6.45, 7) is 11.5. The average Bonchev–Trinajstić information content (AvgIpc) is 2.93. The van der Waals surface area contributed by atoms with E-state index in [0.717, 1.165) is 0 Å². The van der Waals surface area contributed by atoms with Gasteiger partial charge >= 0.3 is 5.69 Å². The van der Waals surface area contributed by atoms with E-state index < -0.39 is 21.2 Å². The maximum absolute atomic E-state index is 11.9. The highest BCUT2D eigenvalue weighted by Gasteiger charge is 2.45. The monoisotopic (exact) mass is 367 g/mol. The van der Waals surface area contributed by atoms with Crippen LogP contribution in [0.15, 0.2) is 6.07 Å². The third-order valence-corrected chi connectivity index (χ3v) is 4.59. The van der Waals surface area contributed by atoms with Gasteiger partial charge in [-0.3, -0.25) is 20.2 Å². The van der Waals surface area contributed by atoms with Crippen molar-refractivity contribution in [2.24, 2.45) is 0 Å². The molecule has 144 valence electrons. The van der Waals surface area contributed by atoms with E-state index in [2.05, 4.69) is 0 Å². The number of rotatable bonds is 5. The third-order valence-electron chi connectivity index (χ3n) is 4.59. The van der Waals surface area contributed by atoms with E-state index in [1.54, 1.807) is 20.8 Å². The van der Waals surface area contributed by atoms with Crippen LogP contribution in [0.3, 0.4) is 0 Å². The Morgan fingerprint density at radius 3 is 2.12 bits per heavy atom. The first-order valence-corrected chi connectivity index (χ1v) is 8.46. The number of benzene rings is 1. The smallest absolute Gasteiger partial charge is 0.302 e. The van der Waals surface area contributed by atoms with E-state index in [-0.39, 0.29) is 23.6 Å². The van der Waals surface area contributed by atoms with Gasteiger partial charge in [-0.25, -0.2) is 0 Å². The minimum absolute atomic E-state index is 0.0857. The highest BCUT2D eigenvalue weighted by molar-refractivity contribution is 5.80. The Hall–Kier alpha value is -2.26. The molecule has 0 spiro atoms. The summed E-state index contributed by atoms with van der Waals surface area (Å²) < 4.78 is 11.2. The molecule has 0 amide bonds. The van der Waals surface area contributed by atoms with E-state index in [4.69, 9.17) is 9.47 Å². The summed E-state index contributed by atoms with van der Waals surface area (Å²) in [6, 6.07) is 1.43. The average molecular weight is 367 g/mol. The molecule has 0 saturated carbocycles. The molecule has 26 heavy (non-hydrogen) atoms. The molecule has 1 fully saturated rings. The number of anilines is 1. The summed E-state index contributed by atoms with van der Waals surface area (Å²) in [7, 11) is 0. The first-order chi connectivity index (χ1) is 11.9. The minimum Gasteiger partial charge on any atom is -0.331 e. The Kier molecular flexibility index (Phi) is 5.25. The van der Waals surface area contributed by atoms with E-state index in [0.29, 0.717) is 24.3 Å². The van der Waals surface area contributed by atoms with Gasteiger partial charge < -0.3 is 14.4 Å². The zero-order chi connectivity index (χ0) is 19.9. The van der Waals surface area contributed by atoms with Crippen LogP contribution >= 0.6 is 0 Å². The van der Waals surface area contributed by atoms with Crippen LogP contribution in [-0.2, 0) is 14.9 Å². The SMILES string of the molecule is CCN(c1c([N+](=O)[O-])cc(C(C)(C)C)c(C)c1[N+](=O)[O-])C1(C)OCCO1. The quantitative estimate of drug-likeness (QED) is 0.577. The van der Waals surface area contributed by atoms with Gasteiger partial charge in [0.1, 0.15) is 0 Å². The summed E-state index contributed by atoms with van der Waals surface area (Å²) in [4.78, 5) is 24.0. The molecule has 1 aromatic rings. The Balaban J connectivity index is 2.88. The molecule has 0 unspecified atom stereocenters. The van der Waals surface area contributed by atoms with E-state index in [1.807, 2.05) is 20.8 Å². The van der Waals surface area contributed by atoms with Gasteiger partial charge in [0.15, 0.2) is 5.69 Å². The molecule has 9 nitrogen and oxygen atoms in total. The van der Waals surface area contributed by atoms with Gasteiger partial charge in [-0.15, -0.1) is 0 Å². The summed E-state index contributed by atoms with van der Waals surface area (Å²) in [5.41, 5.74) is -0.213. The standard InChI is InChI=1S/C17H25N3O6/c1-7-18(17(6)25-8-9-26-17)15-13(19(21)22)10-12(16(3,4)5)11(2)14(15)20(23)24/h10H,7-9H2,1-6H3. The zero-order valence-corrected chi connectivity index (χ0v) is 16.0. The molecular weight excluding hydrogens is 342 g/mol.